The van der Waals surface area contributed by atoms with E-state index in [4.69, 9.17) is 5.73 Å². The van der Waals surface area contributed by atoms with E-state index in [1.807, 2.05) is 13.8 Å². The number of hydrogen-bond acceptors (Lipinski definition) is 3. The van der Waals surface area contributed by atoms with Crippen molar-refractivity contribution in [1.29, 1.82) is 0 Å². The van der Waals surface area contributed by atoms with Crippen LogP contribution in [-0.4, -0.2) is 43.0 Å². The Hall–Kier alpha value is -0.610. The highest BCUT2D eigenvalue weighted by molar-refractivity contribution is 5.80. The molecule has 3 N–H and O–H groups in total. The maximum Gasteiger partial charge on any atom is 0.224 e. The molecule has 0 aromatic heterocycles. The largest absolute Gasteiger partial charge is 0.369 e. The highest BCUT2D eigenvalue weighted by atomic mass is 16.1. The van der Waals surface area contributed by atoms with Crippen molar-refractivity contribution in [2.24, 2.45) is 17.1 Å². The molecule has 1 aliphatic heterocycles. The van der Waals surface area contributed by atoms with Crippen LogP contribution in [-0.2, 0) is 4.79 Å². The fraction of sp³-hybridized carbons (Fsp3) is 0.929. The molecule has 1 amide bonds. The number of amides is 1. The van der Waals surface area contributed by atoms with Crippen molar-refractivity contribution < 1.29 is 4.79 Å². The summed E-state index contributed by atoms with van der Waals surface area (Å²) in [6, 6.07) is 0.443. The summed E-state index contributed by atoms with van der Waals surface area (Å²) in [5.74, 6) is 0.448. The van der Waals surface area contributed by atoms with Gasteiger partial charge in [0.25, 0.3) is 0 Å². The van der Waals surface area contributed by atoms with Gasteiger partial charge < -0.3 is 16.0 Å². The van der Waals surface area contributed by atoms with Crippen LogP contribution in [0, 0.1) is 11.3 Å². The summed E-state index contributed by atoms with van der Waals surface area (Å²) in [6.07, 6.45) is 2.56. The first kappa shape index (κ1) is 15.4. The number of primary amides is 1. The molecule has 1 heterocycles. The van der Waals surface area contributed by atoms with Crippen LogP contribution in [0.2, 0.25) is 0 Å². The van der Waals surface area contributed by atoms with Gasteiger partial charge in [-0.3, -0.25) is 4.79 Å². The summed E-state index contributed by atoms with van der Waals surface area (Å²) in [7, 11) is 0. The molecular weight excluding hydrogens is 226 g/mol. The molecule has 2 atom stereocenters. The van der Waals surface area contributed by atoms with Crippen LogP contribution in [0.1, 0.15) is 40.5 Å². The number of carbonyl (C=O) groups is 1. The Morgan fingerprint density at radius 3 is 2.78 bits per heavy atom. The molecule has 0 bridgehead atoms. The predicted molar refractivity (Wildman–Crippen MR) is 75.3 cm³/mol. The molecule has 4 heteroatoms. The molecular formula is C14H29N3O. The van der Waals surface area contributed by atoms with Crippen LogP contribution in [0.15, 0.2) is 0 Å². The molecule has 2 unspecified atom stereocenters. The van der Waals surface area contributed by atoms with E-state index in [9.17, 15) is 4.79 Å². The SMILES string of the molecule is CCN1CCCC(C(C)NCC(C)(C)C(N)=O)C1. The molecule has 1 fully saturated rings. The van der Waals surface area contributed by atoms with Crippen LogP contribution in [0.3, 0.4) is 0 Å². The van der Waals surface area contributed by atoms with E-state index in [2.05, 4.69) is 24.1 Å². The lowest BCUT2D eigenvalue weighted by Gasteiger charge is -2.36. The zero-order valence-electron chi connectivity index (χ0n) is 12.3. The number of nitrogens with zero attached hydrogens (tertiary/aromatic N) is 1. The lowest BCUT2D eigenvalue weighted by atomic mass is 9.89. The summed E-state index contributed by atoms with van der Waals surface area (Å²) in [5, 5.41) is 3.49. The first-order valence-electron chi connectivity index (χ1n) is 7.12. The van der Waals surface area contributed by atoms with Crippen molar-refractivity contribution in [3.05, 3.63) is 0 Å². The van der Waals surface area contributed by atoms with Gasteiger partial charge in [-0.05, 0) is 52.6 Å². The average Bonchev–Trinajstić information content (AvgIpc) is 2.36. The van der Waals surface area contributed by atoms with Crippen LogP contribution < -0.4 is 11.1 Å². The van der Waals surface area contributed by atoms with Gasteiger partial charge in [0, 0.05) is 19.1 Å². The van der Waals surface area contributed by atoms with Gasteiger partial charge in [0.05, 0.1) is 5.41 Å². The molecule has 0 aromatic rings. The highest BCUT2D eigenvalue weighted by Gasteiger charge is 2.28. The zero-order chi connectivity index (χ0) is 13.8. The zero-order valence-corrected chi connectivity index (χ0v) is 12.3. The minimum absolute atomic E-state index is 0.235. The number of nitrogens with one attached hydrogen (secondary N) is 1. The summed E-state index contributed by atoms with van der Waals surface area (Å²) >= 11 is 0. The van der Waals surface area contributed by atoms with Crippen molar-refractivity contribution in [3.8, 4) is 0 Å². The summed E-state index contributed by atoms with van der Waals surface area (Å²) < 4.78 is 0. The lowest BCUT2D eigenvalue weighted by molar-refractivity contribution is -0.125. The molecule has 18 heavy (non-hydrogen) atoms. The van der Waals surface area contributed by atoms with E-state index in [-0.39, 0.29) is 5.91 Å². The molecule has 106 valence electrons. The fourth-order valence-corrected chi connectivity index (χ4v) is 2.46. The fourth-order valence-electron chi connectivity index (χ4n) is 2.46. The molecule has 1 aliphatic rings. The van der Waals surface area contributed by atoms with E-state index in [0.29, 0.717) is 18.5 Å². The van der Waals surface area contributed by atoms with E-state index < -0.39 is 5.41 Å². The standard InChI is InChI=1S/C14H29N3O/c1-5-17-8-6-7-12(9-17)11(2)16-10-14(3,4)13(15)18/h11-12,16H,5-10H2,1-4H3,(H2,15,18). The van der Waals surface area contributed by atoms with Crippen LogP contribution in [0.4, 0.5) is 0 Å². The van der Waals surface area contributed by atoms with Crippen molar-refractivity contribution in [1.82, 2.24) is 10.2 Å². The molecule has 1 rings (SSSR count). The number of hydrogen-bond donors (Lipinski definition) is 2. The van der Waals surface area contributed by atoms with Gasteiger partial charge in [-0.2, -0.15) is 0 Å². The Bertz CT molecular complexity index is 278. The first-order valence-corrected chi connectivity index (χ1v) is 7.12. The van der Waals surface area contributed by atoms with Crippen molar-refractivity contribution in [2.45, 2.75) is 46.6 Å². The Morgan fingerprint density at radius 2 is 2.22 bits per heavy atom. The van der Waals surface area contributed by atoms with E-state index >= 15 is 0 Å². The highest BCUT2D eigenvalue weighted by Crippen LogP contribution is 2.20. The average molecular weight is 255 g/mol. The van der Waals surface area contributed by atoms with Gasteiger partial charge in [-0.1, -0.05) is 6.92 Å². The molecule has 4 nitrogen and oxygen atoms in total. The second-order valence-electron chi connectivity index (χ2n) is 6.21. The van der Waals surface area contributed by atoms with Gasteiger partial charge in [0.1, 0.15) is 0 Å². The van der Waals surface area contributed by atoms with Gasteiger partial charge in [0.2, 0.25) is 5.91 Å². The molecule has 0 radical (unpaired) electrons. The quantitative estimate of drug-likeness (QED) is 0.750. The summed E-state index contributed by atoms with van der Waals surface area (Å²) in [5.41, 5.74) is 4.93. The minimum atomic E-state index is -0.465. The predicted octanol–water partition coefficient (Wildman–Crippen LogP) is 1.21. The second kappa shape index (κ2) is 6.53. The summed E-state index contributed by atoms with van der Waals surface area (Å²) in [4.78, 5) is 13.8. The topological polar surface area (TPSA) is 58.4 Å². The third-order valence-electron chi connectivity index (χ3n) is 4.23. The summed E-state index contributed by atoms with van der Waals surface area (Å²) in [6.45, 7) is 12.4. The third kappa shape index (κ3) is 4.25. The number of piperidine rings is 1. The molecule has 1 saturated heterocycles. The molecule has 0 aromatic carbocycles. The smallest absolute Gasteiger partial charge is 0.224 e. The Morgan fingerprint density at radius 1 is 1.56 bits per heavy atom. The van der Waals surface area contributed by atoms with Crippen LogP contribution >= 0.6 is 0 Å². The molecule has 0 spiro atoms. The van der Waals surface area contributed by atoms with E-state index in [1.165, 1.54) is 25.9 Å². The van der Waals surface area contributed by atoms with Gasteiger partial charge in [-0.25, -0.2) is 0 Å². The molecule has 0 saturated carbocycles. The minimum Gasteiger partial charge on any atom is -0.369 e. The van der Waals surface area contributed by atoms with E-state index in [0.717, 1.165) is 6.54 Å². The van der Waals surface area contributed by atoms with Crippen molar-refractivity contribution in [2.75, 3.05) is 26.2 Å². The van der Waals surface area contributed by atoms with Gasteiger partial charge >= 0.3 is 0 Å². The normalized spacial score (nSPS) is 23.9. The first-order chi connectivity index (χ1) is 8.36. The number of nitrogens with two attached hydrogens (primary N) is 1. The lowest BCUT2D eigenvalue weighted by Crippen LogP contribution is -2.48. The van der Waals surface area contributed by atoms with E-state index in [1.54, 1.807) is 0 Å². The molecule has 0 aliphatic carbocycles. The third-order valence-corrected chi connectivity index (χ3v) is 4.23. The van der Waals surface area contributed by atoms with Gasteiger partial charge in [-0.15, -0.1) is 0 Å². The van der Waals surface area contributed by atoms with Gasteiger partial charge in [0.15, 0.2) is 0 Å². The van der Waals surface area contributed by atoms with Crippen molar-refractivity contribution in [3.63, 3.8) is 0 Å². The van der Waals surface area contributed by atoms with Crippen LogP contribution in [0.5, 0.6) is 0 Å². The number of rotatable bonds is 6. The second-order valence-corrected chi connectivity index (χ2v) is 6.21. The Labute approximate surface area is 111 Å². The monoisotopic (exact) mass is 255 g/mol. The number of carbonyl (C=O) groups excluding carboxylic acids is 1. The number of likely N-dealkylation sites (tertiary alicyclic amines) is 1. The Kier molecular flexibility index (Phi) is 5.60. The van der Waals surface area contributed by atoms with Crippen LogP contribution in [0.25, 0.3) is 0 Å². The Balaban J connectivity index is 2.40. The maximum atomic E-state index is 11.3. The van der Waals surface area contributed by atoms with Crippen molar-refractivity contribution >= 4 is 5.91 Å². The maximum absolute atomic E-state index is 11.3.